The molecule has 9 nitrogen and oxygen atoms in total. The van der Waals surface area contributed by atoms with E-state index in [0.717, 1.165) is 0 Å². The summed E-state index contributed by atoms with van der Waals surface area (Å²) in [6, 6.07) is 4.88. The Hall–Kier alpha value is -3.15. The largest absolute Gasteiger partial charge is 0.381 e. The van der Waals surface area contributed by atoms with Gasteiger partial charge in [-0.3, -0.25) is 15.2 Å². The van der Waals surface area contributed by atoms with E-state index >= 15 is 0 Å². The molecule has 2 heterocycles. The summed E-state index contributed by atoms with van der Waals surface area (Å²) < 4.78 is 0. The second-order valence-corrected chi connectivity index (χ2v) is 4.23. The van der Waals surface area contributed by atoms with E-state index in [2.05, 4.69) is 20.5 Å². The maximum absolute atomic E-state index is 10.8. The summed E-state index contributed by atoms with van der Waals surface area (Å²) in [5, 5.41) is 29.1. The van der Waals surface area contributed by atoms with E-state index < -0.39 is 4.92 Å². The minimum atomic E-state index is -0.487. The second-order valence-electron chi connectivity index (χ2n) is 4.23. The molecule has 0 saturated carbocycles. The molecule has 21 heavy (non-hydrogen) atoms. The first-order chi connectivity index (χ1) is 10.1. The van der Waals surface area contributed by atoms with Gasteiger partial charge in [0.1, 0.15) is 11.6 Å². The van der Waals surface area contributed by atoms with Crippen molar-refractivity contribution in [3.8, 4) is 6.07 Å². The van der Waals surface area contributed by atoms with Crippen LogP contribution in [0, 0.1) is 21.4 Å². The molecule has 2 rings (SSSR count). The van der Waals surface area contributed by atoms with Crippen molar-refractivity contribution in [2.75, 3.05) is 17.6 Å². The molecule has 9 heteroatoms. The van der Waals surface area contributed by atoms with Crippen molar-refractivity contribution in [3.05, 3.63) is 39.7 Å². The lowest BCUT2D eigenvalue weighted by atomic mass is 10.1. The van der Waals surface area contributed by atoms with Crippen LogP contribution in [0.3, 0.4) is 0 Å². The summed E-state index contributed by atoms with van der Waals surface area (Å²) in [4.78, 5) is 14.3. The van der Waals surface area contributed by atoms with Gasteiger partial charge >= 0.3 is 5.69 Å². The molecule has 2 aromatic rings. The zero-order valence-electron chi connectivity index (χ0n) is 11.0. The number of pyridine rings is 1. The zero-order chi connectivity index (χ0) is 15.2. The van der Waals surface area contributed by atoms with Crippen LogP contribution in [0.4, 0.5) is 17.3 Å². The van der Waals surface area contributed by atoms with Crippen molar-refractivity contribution < 1.29 is 4.92 Å². The first-order valence-electron chi connectivity index (χ1n) is 6.19. The Morgan fingerprint density at radius 3 is 3.10 bits per heavy atom. The number of aromatic nitrogens is 3. The molecule has 0 aliphatic heterocycles. The number of nitro groups is 1. The molecule has 0 bridgehead atoms. The Balaban J connectivity index is 1.91. The first-order valence-corrected chi connectivity index (χ1v) is 6.19. The van der Waals surface area contributed by atoms with Crippen molar-refractivity contribution in [1.29, 1.82) is 5.26 Å². The Morgan fingerprint density at radius 2 is 2.38 bits per heavy atom. The van der Waals surface area contributed by atoms with E-state index in [1.54, 1.807) is 0 Å². The quantitative estimate of drug-likeness (QED) is 0.411. The number of hydrogen-bond donors (Lipinski definition) is 3. The fourth-order valence-electron chi connectivity index (χ4n) is 1.85. The van der Waals surface area contributed by atoms with Crippen LogP contribution in [0.25, 0.3) is 0 Å². The number of rotatable bonds is 6. The van der Waals surface area contributed by atoms with Crippen LogP contribution in [0.2, 0.25) is 0 Å². The normalized spacial score (nSPS) is 10.0. The van der Waals surface area contributed by atoms with Crippen molar-refractivity contribution in [2.45, 2.75) is 12.8 Å². The van der Waals surface area contributed by atoms with Crippen molar-refractivity contribution in [3.63, 3.8) is 0 Å². The minimum absolute atomic E-state index is 0.0685. The van der Waals surface area contributed by atoms with Crippen LogP contribution >= 0.6 is 0 Å². The highest BCUT2D eigenvalue weighted by Gasteiger charge is 2.13. The van der Waals surface area contributed by atoms with Gasteiger partial charge < -0.3 is 11.1 Å². The number of nitrogen functional groups attached to an aromatic ring is 1. The van der Waals surface area contributed by atoms with Gasteiger partial charge in [0, 0.05) is 18.8 Å². The number of nitrogens with two attached hydrogens (primary N) is 1. The Kier molecular flexibility index (Phi) is 4.30. The summed E-state index contributed by atoms with van der Waals surface area (Å²) in [6.45, 7) is 0.474. The third-order valence-corrected chi connectivity index (χ3v) is 2.86. The number of aryl methyl sites for hydroxylation is 1. The van der Waals surface area contributed by atoms with Gasteiger partial charge in [-0.05, 0) is 18.9 Å². The predicted molar refractivity (Wildman–Crippen MR) is 75.4 cm³/mol. The van der Waals surface area contributed by atoms with Gasteiger partial charge in [-0.2, -0.15) is 10.4 Å². The molecule has 0 amide bonds. The average Bonchev–Trinajstić information content (AvgIpc) is 2.84. The van der Waals surface area contributed by atoms with Gasteiger partial charge in [0.15, 0.2) is 5.82 Å². The van der Waals surface area contributed by atoms with E-state index in [1.807, 2.05) is 6.07 Å². The summed E-state index contributed by atoms with van der Waals surface area (Å²) in [7, 11) is 0. The van der Waals surface area contributed by atoms with E-state index in [-0.39, 0.29) is 17.3 Å². The Bertz CT molecular complexity index is 689. The Morgan fingerprint density at radius 1 is 1.57 bits per heavy atom. The van der Waals surface area contributed by atoms with Crippen LogP contribution in [-0.2, 0) is 6.42 Å². The number of nitrogens with one attached hydrogen (secondary N) is 2. The topological polar surface area (TPSA) is 147 Å². The molecule has 0 radical (unpaired) electrons. The molecule has 0 aliphatic carbocycles. The molecule has 0 unspecified atom stereocenters. The summed E-state index contributed by atoms with van der Waals surface area (Å²) in [5.41, 5.74) is 6.47. The monoisotopic (exact) mass is 287 g/mol. The van der Waals surface area contributed by atoms with Crippen molar-refractivity contribution in [2.24, 2.45) is 0 Å². The van der Waals surface area contributed by atoms with Crippen LogP contribution in [0.15, 0.2) is 18.3 Å². The highest BCUT2D eigenvalue weighted by Crippen LogP contribution is 2.20. The molecule has 108 valence electrons. The standard InChI is InChI=1S/C12H13N7O2/c13-7-8-9(17-18-11(8)14)3-1-5-15-12-10(19(20)21)4-2-6-16-12/h2,4,6H,1,3,5H2,(H,15,16)(H3,14,17,18). The molecule has 2 aromatic heterocycles. The number of aromatic amines is 1. The van der Waals surface area contributed by atoms with Gasteiger partial charge in [-0.25, -0.2) is 4.98 Å². The SMILES string of the molecule is N#Cc1c(N)n[nH]c1CCCNc1ncccc1[N+](=O)[O-]. The average molecular weight is 287 g/mol. The molecule has 0 saturated heterocycles. The van der Waals surface area contributed by atoms with Gasteiger partial charge in [-0.15, -0.1) is 0 Å². The zero-order valence-corrected chi connectivity index (χ0v) is 11.0. The third kappa shape index (κ3) is 3.24. The van der Waals surface area contributed by atoms with Crippen LogP contribution in [-0.4, -0.2) is 26.6 Å². The number of H-pyrrole nitrogens is 1. The van der Waals surface area contributed by atoms with Crippen LogP contribution in [0.5, 0.6) is 0 Å². The number of nitriles is 1. The number of nitrogens with zero attached hydrogens (tertiary/aromatic N) is 4. The highest BCUT2D eigenvalue weighted by atomic mass is 16.6. The fraction of sp³-hybridized carbons (Fsp3) is 0.250. The summed E-state index contributed by atoms with van der Waals surface area (Å²) >= 11 is 0. The molecule has 0 spiro atoms. The highest BCUT2D eigenvalue weighted by molar-refractivity contribution is 5.55. The van der Waals surface area contributed by atoms with E-state index in [4.69, 9.17) is 11.0 Å². The maximum Gasteiger partial charge on any atom is 0.311 e. The molecule has 0 fully saturated rings. The molecule has 0 aromatic carbocycles. The van der Waals surface area contributed by atoms with E-state index in [0.29, 0.717) is 30.6 Å². The minimum Gasteiger partial charge on any atom is -0.381 e. The molecule has 4 N–H and O–H groups in total. The van der Waals surface area contributed by atoms with Crippen LogP contribution < -0.4 is 11.1 Å². The van der Waals surface area contributed by atoms with E-state index in [1.165, 1.54) is 18.3 Å². The van der Waals surface area contributed by atoms with Gasteiger partial charge in [0.25, 0.3) is 0 Å². The smallest absolute Gasteiger partial charge is 0.311 e. The number of anilines is 2. The summed E-state index contributed by atoms with van der Waals surface area (Å²) in [6.07, 6.45) is 2.68. The van der Waals surface area contributed by atoms with E-state index in [9.17, 15) is 10.1 Å². The van der Waals surface area contributed by atoms with Crippen molar-refractivity contribution >= 4 is 17.3 Å². The summed E-state index contributed by atoms with van der Waals surface area (Å²) in [5.74, 6) is 0.410. The van der Waals surface area contributed by atoms with Gasteiger partial charge in [0.2, 0.25) is 5.82 Å². The molecular weight excluding hydrogens is 274 g/mol. The first kappa shape index (κ1) is 14.3. The molecule has 0 atom stereocenters. The number of hydrogen-bond acceptors (Lipinski definition) is 7. The predicted octanol–water partition coefficient (Wildman–Crippen LogP) is 1.21. The van der Waals surface area contributed by atoms with Crippen molar-refractivity contribution in [1.82, 2.24) is 15.2 Å². The lowest BCUT2D eigenvalue weighted by Gasteiger charge is -2.05. The lowest BCUT2D eigenvalue weighted by Crippen LogP contribution is -2.07. The Labute approximate surface area is 120 Å². The fourth-order valence-corrected chi connectivity index (χ4v) is 1.85. The van der Waals surface area contributed by atoms with Crippen LogP contribution in [0.1, 0.15) is 17.7 Å². The van der Waals surface area contributed by atoms with Gasteiger partial charge in [0.05, 0.1) is 10.6 Å². The molecule has 0 aliphatic rings. The molecular formula is C12H13N7O2. The second kappa shape index (κ2) is 6.33. The van der Waals surface area contributed by atoms with Gasteiger partial charge in [-0.1, -0.05) is 0 Å². The lowest BCUT2D eigenvalue weighted by molar-refractivity contribution is -0.384. The maximum atomic E-state index is 10.8. The third-order valence-electron chi connectivity index (χ3n) is 2.86.